The number of nitrogens with zero attached hydrogens (tertiary/aromatic N) is 5. The largest absolute Gasteiger partial charge is 0.307 e. The van der Waals surface area contributed by atoms with E-state index in [9.17, 15) is 0 Å². The van der Waals surface area contributed by atoms with Gasteiger partial charge in [0.15, 0.2) is 5.65 Å². The molecule has 2 aromatic heterocycles. The van der Waals surface area contributed by atoms with Crippen molar-refractivity contribution in [3.05, 3.63) is 24.2 Å². The van der Waals surface area contributed by atoms with Crippen molar-refractivity contribution < 1.29 is 0 Å². The predicted octanol–water partition coefficient (Wildman–Crippen LogP) is 2.07. The van der Waals surface area contributed by atoms with E-state index >= 15 is 0 Å². The molecule has 0 spiro atoms. The molecule has 5 heteroatoms. The topological polar surface area (TPSA) is 37.2 Å². The van der Waals surface area contributed by atoms with Gasteiger partial charge in [-0.2, -0.15) is 0 Å². The first-order valence-corrected chi connectivity index (χ1v) is 7.95. The van der Waals surface area contributed by atoms with Gasteiger partial charge >= 0.3 is 0 Å². The highest BCUT2D eigenvalue weighted by molar-refractivity contribution is 5.71. The highest BCUT2D eigenvalue weighted by atomic mass is 15.3. The van der Waals surface area contributed by atoms with Crippen LogP contribution in [0.25, 0.3) is 11.2 Å². The quantitative estimate of drug-likeness (QED) is 0.846. The molecule has 112 valence electrons. The van der Waals surface area contributed by atoms with Crippen LogP contribution in [0.15, 0.2) is 18.3 Å². The van der Waals surface area contributed by atoms with E-state index in [0.29, 0.717) is 12.1 Å². The van der Waals surface area contributed by atoms with Crippen LogP contribution in [-0.4, -0.2) is 58.1 Å². The van der Waals surface area contributed by atoms with E-state index in [1.165, 1.54) is 31.6 Å². The van der Waals surface area contributed by atoms with Crippen molar-refractivity contribution >= 4 is 11.2 Å². The molecule has 2 aliphatic rings. The maximum absolute atomic E-state index is 4.95. The van der Waals surface area contributed by atoms with E-state index in [-0.39, 0.29) is 0 Å². The molecule has 4 heterocycles. The van der Waals surface area contributed by atoms with Gasteiger partial charge in [0.2, 0.25) is 0 Å². The van der Waals surface area contributed by atoms with Crippen molar-refractivity contribution in [3.63, 3.8) is 0 Å². The number of likely N-dealkylation sites (tertiary alicyclic amines) is 2. The van der Waals surface area contributed by atoms with Crippen molar-refractivity contribution in [2.24, 2.45) is 0 Å². The number of aromatic nitrogens is 3. The first-order chi connectivity index (χ1) is 10.2. The van der Waals surface area contributed by atoms with E-state index in [1.54, 1.807) is 0 Å². The minimum absolute atomic E-state index is 0.449. The van der Waals surface area contributed by atoms with E-state index in [1.807, 2.05) is 12.3 Å². The van der Waals surface area contributed by atoms with E-state index in [4.69, 9.17) is 4.98 Å². The van der Waals surface area contributed by atoms with Crippen LogP contribution in [0.4, 0.5) is 0 Å². The SMILES string of the molecule is CN1CCC(n2c(C3CCCN3C)nc3cccnc32)C1. The molecule has 0 bridgehead atoms. The van der Waals surface area contributed by atoms with Crippen molar-refractivity contribution in [2.75, 3.05) is 33.7 Å². The average Bonchev–Trinajstić information content (AvgIpc) is 3.16. The van der Waals surface area contributed by atoms with E-state index < -0.39 is 0 Å². The molecule has 21 heavy (non-hydrogen) atoms. The number of pyridine rings is 1. The second-order valence-electron chi connectivity index (χ2n) is 6.53. The number of likely N-dealkylation sites (N-methyl/N-ethyl adjacent to an activating group) is 1. The fourth-order valence-electron chi connectivity index (χ4n) is 3.90. The van der Waals surface area contributed by atoms with Gasteiger partial charge in [0.25, 0.3) is 0 Å². The molecule has 2 aliphatic heterocycles. The van der Waals surface area contributed by atoms with E-state index in [2.05, 4.69) is 39.5 Å². The molecule has 2 unspecified atom stereocenters. The molecule has 0 saturated carbocycles. The van der Waals surface area contributed by atoms with Gasteiger partial charge < -0.3 is 9.47 Å². The molecular formula is C16H23N5. The Morgan fingerprint density at radius 2 is 2.10 bits per heavy atom. The zero-order chi connectivity index (χ0) is 14.4. The van der Waals surface area contributed by atoms with Crippen molar-refractivity contribution in [1.82, 2.24) is 24.3 Å². The molecule has 2 fully saturated rings. The number of hydrogen-bond acceptors (Lipinski definition) is 4. The molecule has 0 aromatic carbocycles. The van der Waals surface area contributed by atoms with Crippen molar-refractivity contribution in [1.29, 1.82) is 0 Å². The minimum Gasteiger partial charge on any atom is -0.307 e. The van der Waals surface area contributed by atoms with Crippen LogP contribution in [0.1, 0.15) is 37.2 Å². The van der Waals surface area contributed by atoms with Crippen LogP contribution in [0.3, 0.4) is 0 Å². The average molecular weight is 285 g/mol. The summed E-state index contributed by atoms with van der Waals surface area (Å²) in [5.74, 6) is 1.23. The highest BCUT2D eigenvalue weighted by Gasteiger charge is 2.32. The number of rotatable bonds is 2. The molecule has 4 rings (SSSR count). The Hall–Kier alpha value is -1.46. The summed E-state index contributed by atoms with van der Waals surface area (Å²) in [7, 11) is 4.42. The van der Waals surface area contributed by atoms with Gasteiger partial charge in [-0.05, 0) is 58.6 Å². The Morgan fingerprint density at radius 3 is 2.81 bits per heavy atom. The lowest BCUT2D eigenvalue weighted by Gasteiger charge is -2.23. The molecule has 2 atom stereocenters. The Morgan fingerprint density at radius 1 is 1.19 bits per heavy atom. The number of hydrogen-bond donors (Lipinski definition) is 0. The summed E-state index contributed by atoms with van der Waals surface area (Å²) in [6, 6.07) is 5.04. The summed E-state index contributed by atoms with van der Waals surface area (Å²) >= 11 is 0. The summed E-state index contributed by atoms with van der Waals surface area (Å²) < 4.78 is 2.44. The molecule has 5 nitrogen and oxygen atoms in total. The lowest BCUT2D eigenvalue weighted by atomic mass is 10.2. The smallest absolute Gasteiger partial charge is 0.160 e. The summed E-state index contributed by atoms with van der Waals surface area (Å²) in [6.07, 6.45) is 5.56. The van der Waals surface area contributed by atoms with Crippen LogP contribution in [0.2, 0.25) is 0 Å². The number of imidazole rings is 1. The molecule has 2 saturated heterocycles. The van der Waals surface area contributed by atoms with Crippen LogP contribution >= 0.6 is 0 Å². The van der Waals surface area contributed by atoms with Gasteiger partial charge in [0.05, 0.1) is 12.1 Å². The third kappa shape index (κ3) is 2.15. The summed E-state index contributed by atoms with van der Waals surface area (Å²) in [5, 5.41) is 0. The molecular weight excluding hydrogens is 262 g/mol. The standard InChI is InChI=1S/C16H23N5/c1-19-10-7-12(11-19)21-15-13(5-3-8-17-15)18-16(21)14-6-4-9-20(14)2/h3,5,8,12,14H,4,6-7,9-11H2,1-2H3. The molecule has 0 aliphatic carbocycles. The van der Waals surface area contributed by atoms with Crippen LogP contribution in [0.5, 0.6) is 0 Å². The fraction of sp³-hybridized carbons (Fsp3) is 0.625. The molecule has 2 aromatic rings. The minimum atomic E-state index is 0.449. The van der Waals surface area contributed by atoms with Gasteiger partial charge in [-0.1, -0.05) is 0 Å². The van der Waals surface area contributed by atoms with Crippen molar-refractivity contribution in [3.8, 4) is 0 Å². The maximum atomic E-state index is 4.95. The second kappa shape index (κ2) is 5.07. The normalized spacial score (nSPS) is 27.9. The summed E-state index contributed by atoms with van der Waals surface area (Å²) in [4.78, 5) is 14.4. The molecule has 0 amide bonds. The highest BCUT2D eigenvalue weighted by Crippen LogP contribution is 2.35. The zero-order valence-corrected chi connectivity index (χ0v) is 12.9. The van der Waals surface area contributed by atoms with Crippen LogP contribution < -0.4 is 0 Å². The van der Waals surface area contributed by atoms with Gasteiger partial charge in [0.1, 0.15) is 11.3 Å². The van der Waals surface area contributed by atoms with Gasteiger partial charge in [0, 0.05) is 12.7 Å². The van der Waals surface area contributed by atoms with Gasteiger partial charge in [-0.3, -0.25) is 4.90 Å². The third-order valence-corrected chi connectivity index (χ3v) is 5.03. The predicted molar refractivity (Wildman–Crippen MR) is 83.3 cm³/mol. The van der Waals surface area contributed by atoms with Gasteiger partial charge in [-0.25, -0.2) is 9.97 Å². The van der Waals surface area contributed by atoms with Crippen LogP contribution in [-0.2, 0) is 0 Å². The molecule has 0 radical (unpaired) electrons. The maximum Gasteiger partial charge on any atom is 0.160 e. The lowest BCUT2D eigenvalue weighted by molar-refractivity contribution is 0.291. The summed E-state index contributed by atoms with van der Waals surface area (Å²) in [6.45, 7) is 3.44. The second-order valence-corrected chi connectivity index (χ2v) is 6.53. The fourth-order valence-corrected chi connectivity index (χ4v) is 3.90. The monoisotopic (exact) mass is 285 g/mol. The number of fused-ring (bicyclic) bond motifs is 1. The zero-order valence-electron chi connectivity index (χ0n) is 12.9. The lowest BCUT2D eigenvalue weighted by Crippen LogP contribution is -2.24. The molecule has 0 N–H and O–H groups in total. The Balaban J connectivity index is 1.85. The van der Waals surface area contributed by atoms with Crippen molar-refractivity contribution in [2.45, 2.75) is 31.3 Å². The Bertz CT molecular complexity index is 649. The van der Waals surface area contributed by atoms with Crippen LogP contribution in [0, 0.1) is 0 Å². The summed E-state index contributed by atoms with van der Waals surface area (Å²) in [5.41, 5.74) is 2.11. The third-order valence-electron chi connectivity index (χ3n) is 5.03. The Labute approximate surface area is 125 Å². The first-order valence-electron chi connectivity index (χ1n) is 7.95. The first kappa shape index (κ1) is 13.2. The Kier molecular flexibility index (Phi) is 3.19. The van der Waals surface area contributed by atoms with Gasteiger partial charge in [-0.15, -0.1) is 0 Å². The van der Waals surface area contributed by atoms with E-state index in [0.717, 1.165) is 24.3 Å².